The molecular weight excluding hydrogens is 892 g/mol. The molecule has 7 heterocycles. The molecular formula is C38H37BrN14O10. The molecule has 0 bridgehead atoms. The Hall–Kier alpha value is -8.32. The average Bonchev–Trinajstić information content (AvgIpc) is 3.90. The van der Waals surface area contributed by atoms with Gasteiger partial charge in [-0.3, -0.25) is 65.2 Å². The van der Waals surface area contributed by atoms with Gasteiger partial charge in [-0.2, -0.15) is 0 Å². The highest BCUT2D eigenvalue weighted by Crippen LogP contribution is 2.12. The maximum Gasteiger partial charge on any atom is 0.287 e. The van der Waals surface area contributed by atoms with Crippen LogP contribution in [0.3, 0.4) is 0 Å². The fraction of sp³-hybridized carbons (Fsp3) is 0.158. The van der Waals surface area contributed by atoms with Crippen LogP contribution in [0.1, 0.15) is 44.9 Å². The Bertz CT molecular complexity index is 2480. The number of nitrogens with two attached hydrogens (primary N) is 1. The summed E-state index contributed by atoms with van der Waals surface area (Å²) in [5.41, 5.74) is 9.25. The summed E-state index contributed by atoms with van der Waals surface area (Å²) in [6.07, 6.45) is 14.2. The molecule has 7 aromatic rings. The molecule has 0 aliphatic rings. The summed E-state index contributed by atoms with van der Waals surface area (Å²) in [4.78, 5) is 76.2. The molecule has 0 radical (unpaired) electrons. The zero-order chi connectivity index (χ0) is 46.3. The summed E-state index contributed by atoms with van der Waals surface area (Å²) < 4.78 is 3.96. The maximum atomic E-state index is 10.4. The number of hydrogen-bond acceptors (Lipinski definition) is 18. The second-order valence-corrected chi connectivity index (χ2v) is 12.8. The molecule has 7 rings (SSSR count). The fourth-order valence-electron chi connectivity index (χ4n) is 4.44. The Balaban J connectivity index is 0.000000212. The zero-order valence-corrected chi connectivity index (χ0v) is 34.9. The Labute approximate surface area is 365 Å². The number of carbonyl (C=O) groups is 1. The smallest absolute Gasteiger partial charge is 0.287 e. The van der Waals surface area contributed by atoms with E-state index in [1.54, 1.807) is 30.7 Å². The van der Waals surface area contributed by atoms with E-state index in [1.807, 2.05) is 47.5 Å². The summed E-state index contributed by atoms with van der Waals surface area (Å²) in [7, 11) is 0. The minimum Gasteiger partial charge on any atom is -0.397 e. The molecule has 0 fully saturated rings. The largest absolute Gasteiger partial charge is 0.397 e. The molecule has 0 saturated heterocycles. The predicted molar refractivity (Wildman–Crippen MR) is 228 cm³/mol. The van der Waals surface area contributed by atoms with Crippen LogP contribution in [-0.2, 0) is 25.0 Å². The third-order valence-corrected chi connectivity index (χ3v) is 8.40. The monoisotopic (exact) mass is 928 g/mol. The first-order valence-corrected chi connectivity index (χ1v) is 18.9. The van der Waals surface area contributed by atoms with E-state index in [9.17, 15) is 45.3 Å². The molecule has 3 N–H and O–H groups in total. The lowest BCUT2D eigenvalue weighted by molar-refractivity contribution is -0.385. The number of aliphatic hydroxyl groups excluding tert-OH is 1. The van der Waals surface area contributed by atoms with E-state index >= 15 is 0 Å². The van der Waals surface area contributed by atoms with Gasteiger partial charge in [0.15, 0.2) is 6.29 Å². The van der Waals surface area contributed by atoms with Crippen molar-refractivity contribution in [3.63, 3.8) is 0 Å². The van der Waals surface area contributed by atoms with Crippen molar-refractivity contribution in [1.29, 1.82) is 0 Å². The van der Waals surface area contributed by atoms with E-state index in [0.717, 1.165) is 47.7 Å². The Morgan fingerprint density at radius 3 is 1.24 bits per heavy atom. The molecule has 0 aliphatic heterocycles. The summed E-state index contributed by atoms with van der Waals surface area (Å²) >= 11 is 3.19. The normalized spacial score (nSPS) is 9.84. The number of nitro groups is 4. The van der Waals surface area contributed by atoms with Crippen molar-refractivity contribution < 1.29 is 29.6 Å². The van der Waals surface area contributed by atoms with Gasteiger partial charge in [0.1, 0.15) is 42.1 Å². The number of hydrogen-bond donors (Lipinski definition) is 2. The molecule has 63 heavy (non-hydrogen) atoms. The van der Waals surface area contributed by atoms with Gasteiger partial charge < -0.3 is 20.0 Å². The molecule has 24 nitrogen and oxygen atoms in total. The number of aliphatic hydroxyl groups is 1. The van der Waals surface area contributed by atoms with Gasteiger partial charge in [-0.05, 0) is 50.2 Å². The number of pyridine rings is 5. The lowest BCUT2D eigenvalue weighted by Gasteiger charge is -2.04. The van der Waals surface area contributed by atoms with Crippen LogP contribution in [0.4, 0.5) is 28.4 Å². The molecule has 0 spiro atoms. The van der Waals surface area contributed by atoms with E-state index in [0.29, 0.717) is 29.5 Å². The highest BCUT2D eigenvalue weighted by molar-refractivity contribution is 9.08. The summed E-state index contributed by atoms with van der Waals surface area (Å²) in [5, 5.41) is 49.9. The van der Waals surface area contributed by atoms with Gasteiger partial charge in [0, 0.05) is 54.4 Å². The standard InChI is InChI=1S/C10H10N4O2.C10H12N4.C6H5BrN2O2.C6H6N2O3.C6H4N2O3/c1-8-11-4-5-13(8)7-9-2-3-10(6-12-9)14(15)16;1-8-12-4-5-14(8)7-10-3-2-9(11)6-13-10;7-3-5-1-2-6(4-8-5)9(10)11;2*9-4-5-1-2-6(3-7-5)8(10)11/h2-6H,7H2,1H3;2-6H,7,11H2,1H3;1-2,4H,3H2;1-3,9H,4H2;1-4H. The average molecular weight is 930 g/mol. The van der Waals surface area contributed by atoms with Gasteiger partial charge in [-0.25, -0.2) is 15.0 Å². The summed E-state index contributed by atoms with van der Waals surface area (Å²) in [5.74, 6) is 1.88. The molecule has 0 atom stereocenters. The van der Waals surface area contributed by atoms with Crippen molar-refractivity contribution in [2.24, 2.45) is 0 Å². The number of nitrogens with zero attached hydrogens (tertiary/aromatic N) is 13. The number of rotatable bonds is 11. The number of nitrogen functional groups attached to an aromatic ring is 1. The second kappa shape index (κ2) is 25.3. The Morgan fingerprint density at radius 1 is 0.571 bits per heavy atom. The minimum atomic E-state index is -0.568. The summed E-state index contributed by atoms with van der Waals surface area (Å²) in [6.45, 7) is 4.98. The molecule has 25 heteroatoms. The van der Waals surface area contributed by atoms with Crippen molar-refractivity contribution in [1.82, 2.24) is 44.0 Å². The number of aldehydes is 1. The van der Waals surface area contributed by atoms with Gasteiger partial charge in [0.2, 0.25) is 0 Å². The van der Waals surface area contributed by atoms with Crippen LogP contribution in [0.5, 0.6) is 0 Å². The van der Waals surface area contributed by atoms with E-state index in [4.69, 9.17) is 10.8 Å². The third kappa shape index (κ3) is 17.1. The predicted octanol–water partition coefficient (Wildman–Crippen LogP) is 5.93. The van der Waals surface area contributed by atoms with Gasteiger partial charge in [0.25, 0.3) is 22.7 Å². The van der Waals surface area contributed by atoms with Crippen LogP contribution in [0, 0.1) is 54.3 Å². The first kappa shape index (κ1) is 49.0. The van der Waals surface area contributed by atoms with Crippen LogP contribution in [0.2, 0.25) is 0 Å². The highest BCUT2D eigenvalue weighted by atomic mass is 79.9. The second-order valence-electron chi connectivity index (χ2n) is 12.2. The van der Waals surface area contributed by atoms with Gasteiger partial charge in [-0.1, -0.05) is 15.9 Å². The van der Waals surface area contributed by atoms with E-state index in [1.165, 1.54) is 48.8 Å². The van der Waals surface area contributed by atoms with Gasteiger partial charge >= 0.3 is 0 Å². The maximum absolute atomic E-state index is 10.4. The quantitative estimate of drug-likeness (QED) is 0.0657. The molecule has 326 valence electrons. The van der Waals surface area contributed by atoms with Crippen molar-refractivity contribution in [3.8, 4) is 0 Å². The van der Waals surface area contributed by atoms with Crippen LogP contribution in [0.25, 0.3) is 0 Å². The molecule has 0 unspecified atom stereocenters. The highest BCUT2D eigenvalue weighted by Gasteiger charge is 2.08. The molecule has 0 saturated carbocycles. The van der Waals surface area contributed by atoms with Crippen molar-refractivity contribution in [2.75, 3.05) is 5.73 Å². The number of anilines is 1. The van der Waals surface area contributed by atoms with Gasteiger partial charge in [0.05, 0.1) is 74.0 Å². The van der Waals surface area contributed by atoms with E-state index < -0.39 is 19.7 Å². The molecule has 7 aromatic heterocycles. The van der Waals surface area contributed by atoms with Crippen LogP contribution in [-0.4, -0.2) is 75.1 Å². The van der Waals surface area contributed by atoms with Crippen molar-refractivity contribution >= 4 is 50.7 Å². The fourth-order valence-corrected chi connectivity index (χ4v) is 4.77. The lowest BCUT2D eigenvalue weighted by Crippen LogP contribution is -2.02. The first-order valence-electron chi connectivity index (χ1n) is 17.8. The van der Waals surface area contributed by atoms with Crippen molar-refractivity contribution in [2.45, 2.75) is 38.9 Å². The SMILES string of the molecule is Cc1nccn1Cc1ccc(N)cn1.Cc1nccn1Cc1ccc([N+](=O)[O-])cn1.O=Cc1ccc([N+](=O)[O-])cn1.O=[N+]([O-])c1ccc(CBr)nc1.O=[N+]([O-])c1ccc(CO)nc1. The molecule has 0 amide bonds. The van der Waals surface area contributed by atoms with Gasteiger partial charge in [-0.15, -0.1) is 0 Å². The number of halogens is 1. The summed E-state index contributed by atoms with van der Waals surface area (Å²) in [6, 6.07) is 15.2. The first-order chi connectivity index (χ1) is 30.1. The molecule has 0 aromatic carbocycles. The van der Waals surface area contributed by atoms with E-state index in [-0.39, 0.29) is 35.1 Å². The number of imidazole rings is 2. The number of alkyl halides is 1. The lowest BCUT2D eigenvalue weighted by atomic mass is 10.3. The van der Waals surface area contributed by atoms with Crippen molar-refractivity contribution in [3.05, 3.63) is 197 Å². The van der Waals surface area contributed by atoms with E-state index in [2.05, 4.69) is 50.8 Å². The van der Waals surface area contributed by atoms with Crippen LogP contribution in [0.15, 0.2) is 116 Å². The minimum absolute atomic E-state index is 0.00565. The van der Waals surface area contributed by atoms with Crippen LogP contribution >= 0.6 is 15.9 Å². The zero-order valence-electron chi connectivity index (χ0n) is 33.3. The molecule has 0 aliphatic carbocycles. The number of aryl methyl sites for hydroxylation is 2. The number of carbonyl (C=O) groups excluding carboxylic acids is 1. The number of aromatic nitrogens is 9. The van der Waals surface area contributed by atoms with Crippen LogP contribution < -0.4 is 5.73 Å². The Kier molecular flexibility index (Phi) is 19.7. The Morgan fingerprint density at radius 2 is 0.952 bits per heavy atom. The topological polar surface area (TPSA) is 336 Å². The third-order valence-electron chi connectivity index (χ3n) is 7.82.